The highest BCUT2D eigenvalue weighted by atomic mass is 16.5. The summed E-state index contributed by atoms with van der Waals surface area (Å²) in [4.78, 5) is 13.9. The first-order valence-electron chi connectivity index (χ1n) is 7.56. The Morgan fingerprint density at radius 3 is 2.95 bits per heavy atom. The highest BCUT2D eigenvalue weighted by Crippen LogP contribution is 2.26. The fourth-order valence-electron chi connectivity index (χ4n) is 3.00. The third-order valence-electron chi connectivity index (χ3n) is 4.20. The molecule has 1 saturated heterocycles. The number of nitrogens with zero attached hydrogens (tertiary/aromatic N) is 1. The molecule has 2 aliphatic heterocycles. The highest BCUT2D eigenvalue weighted by molar-refractivity contribution is 5.74. The van der Waals surface area contributed by atoms with Crippen LogP contribution in [-0.2, 0) is 6.42 Å². The van der Waals surface area contributed by atoms with Gasteiger partial charge >= 0.3 is 6.03 Å². The Labute approximate surface area is 120 Å². The standard InChI is InChI=1S/C16H22N2O2/c19-16(18-8-3-4-9-18)17-12-13-7-10-20-15-6-2-1-5-14(15)11-13/h1-2,5-6,13H,3-4,7-12H2,(H,17,19)/t13-/m1/s1. The maximum Gasteiger partial charge on any atom is 0.317 e. The van der Waals surface area contributed by atoms with E-state index in [2.05, 4.69) is 11.4 Å². The van der Waals surface area contributed by atoms with Gasteiger partial charge in [-0.3, -0.25) is 0 Å². The molecule has 0 bridgehead atoms. The van der Waals surface area contributed by atoms with Crippen molar-refractivity contribution in [3.63, 3.8) is 0 Å². The summed E-state index contributed by atoms with van der Waals surface area (Å²) >= 11 is 0. The molecule has 1 aromatic rings. The number of likely N-dealkylation sites (tertiary alicyclic amines) is 1. The third-order valence-corrected chi connectivity index (χ3v) is 4.20. The minimum Gasteiger partial charge on any atom is -0.493 e. The molecule has 20 heavy (non-hydrogen) atoms. The van der Waals surface area contributed by atoms with Crippen LogP contribution < -0.4 is 10.1 Å². The average molecular weight is 274 g/mol. The van der Waals surface area contributed by atoms with Gasteiger partial charge in [0.05, 0.1) is 6.61 Å². The lowest BCUT2D eigenvalue weighted by molar-refractivity contribution is 0.205. The summed E-state index contributed by atoms with van der Waals surface area (Å²) in [5, 5.41) is 3.08. The fraction of sp³-hybridized carbons (Fsp3) is 0.562. The molecule has 1 aromatic carbocycles. The first-order valence-corrected chi connectivity index (χ1v) is 7.56. The molecule has 3 rings (SSSR count). The normalized spacial score (nSPS) is 21.8. The zero-order valence-corrected chi connectivity index (χ0v) is 11.8. The van der Waals surface area contributed by atoms with E-state index in [0.717, 1.165) is 57.7 Å². The van der Waals surface area contributed by atoms with Crippen molar-refractivity contribution in [3.05, 3.63) is 29.8 Å². The quantitative estimate of drug-likeness (QED) is 0.900. The van der Waals surface area contributed by atoms with Crippen molar-refractivity contribution in [2.75, 3.05) is 26.2 Å². The monoisotopic (exact) mass is 274 g/mol. The number of benzene rings is 1. The smallest absolute Gasteiger partial charge is 0.317 e. The Hall–Kier alpha value is -1.71. The van der Waals surface area contributed by atoms with Gasteiger partial charge in [0.1, 0.15) is 5.75 Å². The summed E-state index contributed by atoms with van der Waals surface area (Å²) < 4.78 is 5.76. The van der Waals surface area contributed by atoms with Crippen molar-refractivity contribution in [2.45, 2.75) is 25.7 Å². The third kappa shape index (κ3) is 3.06. The minimum atomic E-state index is 0.0981. The summed E-state index contributed by atoms with van der Waals surface area (Å²) in [6, 6.07) is 8.30. The zero-order chi connectivity index (χ0) is 13.8. The number of rotatable bonds is 2. The molecule has 0 saturated carbocycles. The lowest BCUT2D eigenvalue weighted by atomic mass is 9.97. The van der Waals surface area contributed by atoms with E-state index in [-0.39, 0.29) is 6.03 Å². The second-order valence-corrected chi connectivity index (χ2v) is 5.70. The molecule has 1 fully saturated rings. The molecular formula is C16H22N2O2. The van der Waals surface area contributed by atoms with E-state index < -0.39 is 0 Å². The van der Waals surface area contributed by atoms with Crippen LogP contribution in [0.25, 0.3) is 0 Å². The van der Waals surface area contributed by atoms with Crippen LogP contribution in [0.5, 0.6) is 5.75 Å². The van der Waals surface area contributed by atoms with E-state index in [4.69, 9.17) is 4.74 Å². The van der Waals surface area contributed by atoms with Gasteiger partial charge in [0.2, 0.25) is 0 Å². The van der Waals surface area contributed by atoms with Crippen LogP contribution in [0.2, 0.25) is 0 Å². The number of carbonyl (C=O) groups excluding carboxylic acids is 1. The number of nitrogens with one attached hydrogen (secondary N) is 1. The molecule has 0 aromatic heterocycles. The molecule has 1 atom stereocenters. The van der Waals surface area contributed by atoms with Gasteiger partial charge in [0.25, 0.3) is 0 Å². The molecule has 2 aliphatic rings. The van der Waals surface area contributed by atoms with Crippen LogP contribution in [0.3, 0.4) is 0 Å². The van der Waals surface area contributed by atoms with Crippen molar-refractivity contribution in [2.24, 2.45) is 5.92 Å². The first kappa shape index (κ1) is 13.3. The van der Waals surface area contributed by atoms with Crippen molar-refractivity contribution in [1.82, 2.24) is 10.2 Å². The SMILES string of the molecule is O=C(NC[C@@H]1CCOc2ccccc2C1)N1CCCC1. The molecule has 2 amide bonds. The Morgan fingerprint density at radius 2 is 2.10 bits per heavy atom. The molecule has 108 valence electrons. The van der Waals surface area contributed by atoms with Crippen molar-refractivity contribution >= 4 is 6.03 Å². The van der Waals surface area contributed by atoms with Gasteiger partial charge in [0, 0.05) is 19.6 Å². The summed E-state index contributed by atoms with van der Waals surface area (Å²) in [7, 11) is 0. The van der Waals surface area contributed by atoms with Crippen molar-refractivity contribution in [3.8, 4) is 5.75 Å². The van der Waals surface area contributed by atoms with Crippen LogP contribution >= 0.6 is 0 Å². The lowest BCUT2D eigenvalue weighted by Crippen LogP contribution is -2.40. The highest BCUT2D eigenvalue weighted by Gasteiger charge is 2.21. The van der Waals surface area contributed by atoms with Crippen molar-refractivity contribution in [1.29, 1.82) is 0 Å². The van der Waals surface area contributed by atoms with Gasteiger partial charge in [-0.25, -0.2) is 4.79 Å². The average Bonchev–Trinajstić information content (AvgIpc) is 2.92. The van der Waals surface area contributed by atoms with E-state index >= 15 is 0 Å². The fourth-order valence-corrected chi connectivity index (χ4v) is 3.00. The molecule has 0 spiro atoms. The molecule has 4 nitrogen and oxygen atoms in total. The van der Waals surface area contributed by atoms with E-state index in [1.54, 1.807) is 0 Å². The molecule has 2 heterocycles. The Kier molecular flexibility index (Phi) is 4.09. The summed E-state index contributed by atoms with van der Waals surface area (Å²) in [5.41, 5.74) is 1.26. The van der Waals surface area contributed by atoms with E-state index in [1.165, 1.54) is 5.56 Å². The number of carbonyl (C=O) groups is 1. The predicted octanol–water partition coefficient (Wildman–Crippen LogP) is 2.43. The maximum atomic E-state index is 12.0. The van der Waals surface area contributed by atoms with Gasteiger partial charge in [-0.2, -0.15) is 0 Å². The van der Waals surface area contributed by atoms with Crippen molar-refractivity contribution < 1.29 is 9.53 Å². The van der Waals surface area contributed by atoms with E-state index in [9.17, 15) is 4.79 Å². The minimum absolute atomic E-state index is 0.0981. The van der Waals surface area contributed by atoms with Gasteiger partial charge in [-0.1, -0.05) is 18.2 Å². The molecule has 1 N–H and O–H groups in total. The number of hydrogen-bond donors (Lipinski definition) is 1. The molecule has 0 unspecified atom stereocenters. The molecular weight excluding hydrogens is 252 g/mol. The summed E-state index contributed by atoms with van der Waals surface area (Å²) in [6.07, 6.45) is 4.25. The summed E-state index contributed by atoms with van der Waals surface area (Å²) in [5.74, 6) is 1.46. The van der Waals surface area contributed by atoms with Gasteiger partial charge in [-0.05, 0) is 43.2 Å². The first-order chi connectivity index (χ1) is 9.83. The van der Waals surface area contributed by atoms with E-state index in [1.807, 2.05) is 23.1 Å². The Balaban J connectivity index is 1.54. The number of ether oxygens (including phenoxy) is 1. The molecule has 4 heteroatoms. The zero-order valence-electron chi connectivity index (χ0n) is 11.8. The largest absolute Gasteiger partial charge is 0.493 e. The number of hydrogen-bond acceptors (Lipinski definition) is 2. The predicted molar refractivity (Wildman–Crippen MR) is 78.0 cm³/mol. The second-order valence-electron chi connectivity index (χ2n) is 5.70. The maximum absolute atomic E-state index is 12.0. The molecule has 0 aliphatic carbocycles. The van der Waals surface area contributed by atoms with Gasteiger partial charge in [-0.15, -0.1) is 0 Å². The van der Waals surface area contributed by atoms with Crippen LogP contribution in [-0.4, -0.2) is 37.2 Å². The topological polar surface area (TPSA) is 41.6 Å². The number of urea groups is 1. The lowest BCUT2D eigenvalue weighted by Gasteiger charge is -2.19. The second kappa shape index (κ2) is 6.16. The number of amides is 2. The number of para-hydroxylation sites is 1. The van der Waals surface area contributed by atoms with Gasteiger partial charge in [0.15, 0.2) is 0 Å². The van der Waals surface area contributed by atoms with Crippen LogP contribution in [0.1, 0.15) is 24.8 Å². The van der Waals surface area contributed by atoms with Crippen LogP contribution in [0, 0.1) is 5.92 Å². The summed E-state index contributed by atoms with van der Waals surface area (Å²) in [6.45, 7) is 3.29. The van der Waals surface area contributed by atoms with Crippen LogP contribution in [0.15, 0.2) is 24.3 Å². The van der Waals surface area contributed by atoms with E-state index in [0.29, 0.717) is 5.92 Å². The Morgan fingerprint density at radius 1 is 1.30 bits per heavy atom. The van der Waals surface area contributed by atoms with Crippen LogP contribution in [0.4, 0.5) is 4.79 Å². The molecule has 0 radical (unpaired) electrons. The van der Waals surface area contributed by atoms with Gasteiger partial charge < -0.3 is 15.0 Å². The number of fused-ring (bicyclic) bond motifs is 1. The Bertz CT molecular complexity index is 469.